The standard InChI is InChI=1S/C16H25IO6S/c1-11(18)22-7-6-12(17)8-16(4)13(19)9-15(2,3)10-14(16)23-24(5,20)21/h6,14H,7-10H2,1-5H3/b12-6-/t14-,16-/m1/s1. The highest BCUT2D eigenvalue weighted by Crippen LogP contribution is 2.48. The molecule has 0 saturated heterocycles. The second-order valence-electron chi connectivity index (χ2n) is 7.31. The summed E-state index contributed by atoms with van der Waals surface area (Å²) in [5, 5.41) is 0. The summed E-state index contributed by atoms with van der Waals surface area (Å²) in [4.78, 5) is 23.6. The molecule has 1 saturated carbocycles. The maximum absolute atomic E-state index is 12.8. The van der Waals surface area contributed by atoms with Crippen molar-refractivity contribution in [1.82, 2.24) is 0 Å². The minimum absolute atomic E-state index is 0.0116. The maximum Gasteiger partial charge on any atom is 0.302 e. The number of Topliss-reactive ketones (excluding diaryl/α,β-unsaturated/α-hetero) is 1. The highest BCUT2D eigenvalue weighted by molar-refractivity contribution is 14.1. The predicted octanol–water partition coefficient (Wildman–Crippen LogP) is 3.00. The fourth-order valence-electron chi connectivity index (χ4n) is 2.85. The smallest absolute Gasteiger partial charge is 0.302 e. The van der Waals surface area contributed by atoms with Crippen molar-refractivity contribution < 1.29 is 26.9 Å². The molecular formula is C16H25IO6S. The molecule has 0 bridgehead atoms. The summed E-state index contributed by atoms with van der Waals surface area (Å²) in [6, 6.07) is 0. The van der Waals surface area contributed by atoms with E-state index in [2.05, 4.69) is 22.6 Å². The number of halogens is 1. The van der Waals surface area contributed by atoms with Crippen LogP contribution in [0.2, 0.25) is 0 Å². The van der Waals surface area contributed by atoms with Gasteiger partial charge in [0.2, 0.25) is 0 Å². The Labute approximate surface area is 157 Å². The third-order valence-electron chi connectivity index (χ3n) is 4.14. The lowest BCUT2D eigenvalue weighted by atomic mass is 9.62. The lowest BCUT2D eigenvalue weighted by Crippen LogP contribution is -2.50. The number of ketones is 1. The Balaban J connectivity index is 3.03. The van der Waals surface area contributed by atoms with Crippen LogP contribution >= 0.6 is 22.6 Å². The Hall–Kier alpha value is -0.480. The molecule has 1 rings (SSSR count). The Morgan fingerprint density at radius 3 is 2.46 bits per heavy atom. The van der Waals surface area contributed by atoms with E-state index >= 15 is 0 Å². The first-order valence-corrected chi connectivity index (χ1v) is 10.5. The molecule has 0 aromatic carbocycles. The number of hydrogen-bond acceptors (Lipinski definition) is 6. The average Bonchev–Trinajstić information content (AvgIpc) is 2.32. The molecule has 0 N–H and O–H groups in total. The first kappa shape index (κ1) is 21.6. The van der Waals surface area contributed by atoms with Gasteiger partial charge >= 0.3 is 5.97 Å². The van der Waals surface area contributed by atoms with Crippen LogP contribution in [0, 0.1) is 10.8 Å². The first-order valence-electron chi connectivity index (χ1n) is 7.65. The molecule has 0 heterocycles. The van der Waals surface area contributed by atoms with Crippen molar-refractivity contribution in [1.29, 1.82) is 0 Å². The fraction of sp³-hybridized carbons (Fsp3) is 0.750. The summed E-state index contributed by atoms with van der Waals surface area (Å²) in [5.74, 6) is -0.391. The van der Waals surface area contributed by atoms with Crippen LogP contribution in [0.1, 0.15) is 47.0 Å². The van der Waals surface area contributed by atoms with Crippen LogP contribution in [0.15, 0.2) is 9.66 Å². The number of carbonyl (C=O) groups is 2. The van der Waals surface area contributed by atoms with Crippen LogP contribution in [0.3, 0.4) is 0 Å². The molecule has 0 aromatic heterocycles. The molecule has 1 aliphatic rings. The number of ether oxygens (including phenoxy) is 1. The number of allylic oxidation sites excluding steroid dienone is 1. The van der Waals surface area contributed by atoms with E-state index in [4.69, 9.17) is 8.92 Å². The summed E-state index contributed by atoms with van der Waals surface area (Å²) in [6.45, 7) is 7.07. The van der Waals surface area contributed by atoms with Crippen molar-refractivity contribution in [2.75, 3.05) is 12.9 Å². The molecule has 1 aliphatic carbocycles. The van der Waals surface area contributed by atoms with Crippen LogP contribution in [-0.2, 0) is 28.6 Å². The van der Waals surface area contributed by atoms with E-state index < -0.39 is 21.6 Å². The van der Waals surface area contributed by atoms with Gasteiger partial charge in [0.25, 0.3) is 10.1 Å². The molecule has 2 atom stereocenters. The van der Waals surface area contributed by atoms with Gasteiger partial charge in [0.05, 0.1) is 17.8 Å². The lowest BCUT2D eigenvalue weighted by Gasteiger charge is -2.45. The van der Waals surface area contributed by atoms with Crippen molar-refractivity contribution in [3.63, 3.8) is 0 Å². The molecule has 0 amide bonds. The Morgan fingerprint density at radius 1 is 1.38 bits per heavy atom. The molecule has 0 aromatic rings. The summed E-state index contributed by atoms with van der Waals surface area (Å²) >= 11 is 2.08. The van der Waals surface area contributed by atoms with E-state index in [1.54, 1.807) is 13.0 Å². The number of esters is 1. The zero-order valence-electron chi connectivity index (χ0n) is 14.7. The predicted molar refractivity (Wildman–Crippen MR) is 99.2 cm³/mol. The van der Waals surface area contributed by atoms with Crippen LogP contribution in [0.5, 0.6) is 0 Å². The minimum atomic E-state index is -3.68. The molecular weight excluding hydrogens is 447 g/mol. The van der Waals surface area contributed by atoms with E-state index in [1.807, 2.05) is 13.8 Å². The number of rotatable bonds is 6. The summed E-state index contributed by atoms with van der Waals surface area (Å²) in [6.07, 6.45) is 3.22. The van der Waals surface area contributed by atoms with Gasteiger partial charge in [-0.15, -0.1) is 0 Å². The topological polar surface area (TPSA) is 86.7 Å². The van der Waals surface area contributed by atoms with Crippen LogP contribution in [0.25, 0.3) is 0 Å². The van der Waals surface area contributed by atoms with Crippen molar-refractivity contribution in [3.05, 3.63) is 9.66 Å². The van der Waals surface area contributed by atoms with Gasteiger partial charge < -0.3 is 4.74 Å². The maximum atomic E-state index is 12.8. The largest absolute Gasteiger partial charge is 0.462 e. The quantitative estimate of drug-likeness (QED) is 0.336. The molecule has 0 radical (unpaired) electrons. The molecule has 8 heteroatoms. The third-order valence-corrected chi connectivity index (χ3v) is 5.55. The molecule has 0 unspecified atom stereocenters. The number of carbonyl (C=O) groups excluding carboxylic acids is 2. The van der Waals surface area contributed by atoms with Crippen LogP contribution in [0.4, 0.5) is 0 Å². The molecule has 24 heavy (non-hydrogen) atoms. The van der Waals surface area contributed by atoms with E-state index in [-0.39, 0.29) is 23.8 Å². The lowest BCUT2D eigenvalue weighted by molar-refractivity contribution is -0.143. The first-order chi connectivity index (χ1) is 10.8. The van der Waals surface area contributed by atoms with Crippen molar-refractivity contribution in [2.45, 2.75) is 53.1 Å². The highest BCUT2D eigenvalue weighted by Gasteiger charge is 2.51. The zero-order chi connectivity index (χ0) is 18.8. The van der Waals surface area contributed by atoms with Crippen molar-refractivity contribution in [2.24, 2.45) is 10.8 Å². The fourth-order valence-corrected chi connectivity index (χ4v) is 4.53. The van der Waals surface area contributed by atoms with E-state index in [0.717, 1.165) is 9.84 Å². The molecule has 0 spiro atoms. The Kier molecular flexibility index (Phi) is 7.03. The van der Waals surface area contributed by atoms with Gasteiger partial charge in [0, 0.05) is 13.3 Å². The highest BCUT2D eigenvalue weighted by atomic mass is 127. The van der Waals surface area contributed by atoms with Gasteiger partial charge in [-0.25, -0.2) is 0 Å². The summed E-state index contributed by atoms with van der Waals surface area (Å²) in [7, 11) is -3.68. The normalized spacial score (nSPS) is 27.8. The molecule has 0 aliphatic heterocycles. The van der Waals surface area contributed by atoms with Crippen LogP contribution in [-0.4, -0.2) is 39.1 Å². The number of hydrogen-bond donors (Lipinski definition) is 0. The second kappa shape index (κ2) is 7.82. The molecule has 6 nitrogen and oxygen atoms in total. The van der Waals surface area contributed by atoms with E-state index in [0.29, 0.717) is 19.3 Å². The van der Waals surface area contributed by atoms with E-state index in [1.165, 1.54) is 6.92 Å². The monoisotopic (exact) mass is 472 g/mol. The Morgan fingerprint density at radius 2 is 1.96 bits per heavy atom. The summed E-state index contributed by atoms with van der Waals surface area (Å²) < 4.78 is 34.2. The zero-order valence-corrected chi connectivity index (χ0v) is 17.7. The summed E-state index contributed by atoms with van der Waals surface area (Å²) in [5.41, 5.74) is -1.24. The molecule has 1 fully saturated rings. The SMILES string of the molecule is CC(=O)OC/C=C(\I)C[C@]1(C)C(=O)CC(C)(C)C[C@H]1OS(C)(=O)=O. The van der Waals surface area contributed by atoms with Crippen LogP contribution < -0.4 is 0 Å². The minimum Gasteiger partial charge on any atom is -0.462 e. The van der Waals surface area contributed by atoms with Gasteiger partial charge in [0.1, 0.15) is 12.4 Å². The third kappa shape index (κ3) is 6.44. The van der Waals surface area contributed by atoms with Gasteiger partial charge in [-0.3, -0.25) is 13.8 Å². The van der Waals surface area contributed by atoms with Gasteiger partial charge in [-0.05, 0) is 57.4 Å². The van der Waals surface area contributed by atoms with Gasteiger partial charge in [-0.1, -0.05) is 13.8 Å². The second-order valence-corrected chi connectivity index (χ2v) is 10.3. The van der Waals surface area contributed by atoms with E-state index in [9.17, 15) is 18.0 Å². The van der Waals surface area contributed by atoms with Crippen molar-refractivity contribution in [3.8, 4) is 0 Å². The van der Waals surface area contributed by atoms with Crippen molar-refractivity contribution >= 4 is 44.5 Å². The molecule has 138 valence electrons. The van der Waals surface area contributed by atoms with Gasteiger partial charge in [-0.2, -0.15) is 8.42 Å². The average molecular weight is 472 g/mol. The van der Waals surface area contributed by atoms with Gasteiger partial charge in [0.15, 0.2) is 0 Å². The Bertz CT molecular complexity index is 637.